The van der Waals surface area contributed by atoms with Gasteiger partial charge in [-0.15, -0.1) is 11.3 Å². The Balaban J connectivity index is 1.12. The first kappa shape index (κ1) is 31.8. The number of hydrogen-bond acceptors (Lipinski definition) is 3. The predicted molar refractivity (Wildman–Crippen MR) is 247 cm³/mol. The molecule has 0 atom stereocenters. The fourth-order valence-corrected chi connectivity index (χ4v) is 10.7. The third-order valence-corrected chi connectivity index (χ3v) is 13.3. The van der Waals surface area contributed by atoms with Crippen LogP contribution in [0, 0.1) is 0 Å². The molecule has 0 radical (unpaired) electrons. The highest BCUT2D eigenvalue weighted by atomic mass is 32.1. The molecular weight excluding hydrogens is 723 g/mol. The molecule has 3 nitrogen and oxygen atoms in total. The highest BCUT2D eigenvalue weighted by Gasteiger charge is 2.22. The number of thiophene rings is 1. The minimum absolute atomic E-state index is 0.723. The van der Waals surface area contributed by atoms with Crippen LogP contribution in [0.15, 0.2) is 188 Å². The maximum atomic E-state index is 5.52. The lowest BCUT2D eigenvalue weighted by molar-refractivity contribution is 1.18. The SMILES string of the molecule is c1ccc(-c2cccc(-c3nc(-c4cc(-n5c6ccccc6c6c7ccc8cccc9ccc(cc65)c7c98)cc5c4sc4ccccc45)nc4ccccc34)c2)cc1. The monoisotopic (exact) mass is 753 g/mol. The molecule has 3 aromatic heterocycles. The molecule has 0 saturated heterocycles. The van der Waals surface area contributed by atoms with Crippen molar-refractivity contribution in [3.05, 3.63) is 188 Å². The molecule has 268 valence electrons. The van der Waals surface area contributed by atoms with Crippen LogP contribution in [0.2, 0.25) is 0 Å². The van der Waals surface area contributed by atoms with Crippen molar-refractivity contribution >= 4 is 96.5 Å². The molecule has 0 fully saturated rings. The zero-order valence-corrected chi connectivity index (χ0v) is 32.0. The Morgan fingerprint density at radius 2 is 1.10 bits per heavy atom. The highest BCUT2D eigenvalue weighted by Crippen LogP contribution is 2.46. The highest BCUT2D eigenvalue weighted by molar-refractivity contribution is 7.26. The van der Waals surface area contributed by atoms with Gasteiger partial charge in [0.15, 0.2) is 5.82 Å². The fourth-order valence-electron chi connectivity index (χ4n) is 9.54. The first-order valence-corrected chi connectivity index (χ1v) is 20.6. The molecule has 13 aromatic rings. The lowest BCUT2D eigenvalue weighted by Gasteiger charge is -2.15. The van der Waals surface area contributed by atoms with Gasteiger partial charge in [-0.3, -0.25) is 0 Å². The number of nitrogens with zero attached hydrogens (tertiary/aromatic N) is 3. The Bertz CT molecular complexity index is 3780. The van der Waals surface area contributed by atoms with Crippen LogP contribution in [-0.2, 0) is 0 Å². The van der Waals surface area contributed by atoms with Crippen LogP contribution >= 0.6 is 11.3 Å². The minimum Gasteiger partial charge on any atom is -0.309 e. The van der Waals surface area contributed by atoms with E-state index in [1.165, 1.54) is 79.9 Å². The van der Waals surface area contributed by atoms with Crippen molar-refractivity contribution < 1.29 is 0 Å². The Kier molecular flexibility index (Phi) is 6.60. The summed E-state index contributed by atoms with van der Waals surface area (Å²) >= 11 is 1.82. The van der Waals surface area contributed by atoms with Crippen molar-refractivity contribution in [2.75, 3.05) is 0 Å². The van der Waals surface area contributed by atoms with Crippen LogP contribution in [0.1, 0.15) is 0 Å². The molecule has 0 unspecified atom stereocenters. The summed E-state index contributed by atoms with van der Waals surface area (Å²) in [5.41, 5.74) is 9.75. The summed E-state index contributed by atoms with van der Waals surface area (Å²) in [7, 11) is 0. The van der Waals surface area contributed by atoms with E-state index in [9.17, 15) is 0 Å². The first-order valence-electron chi connectivity index (χ1n) is 19.7. The summed E-state index contributed by atoms with van der Waals surface area (Å²) in [4.78, 5) is 10.9. The van der Waals surface area contributed by atoms with Crippen LogP contribution in [0.25, 0.3) is 125 Å². The second-order valence-corrected chi connectivity index (χ2v) is 16.4. The summed E-state index contributed by atoms with van der Waals surface area (Å²) < 4.78 is 4.91. The number of fused-ring (bicyclic) bond motifs is 8. The van der Waals surface area contributed by atoms with Crippen molar-refractivity contribution in [2.45, 2.75) is 0 Å². The van der Waals surface area contributed by atoms with E-state index in [0.29, 0.717) is 0 Å². The molecule has 58 heavy (non-hydrogen) atoms. The van der Waals surface area contributed by atoms with Crippen LogP contribution in [0.3, 0.4) is 0 Å². The van der Waals surface area contributed by atoms with Gasteiger partial charge in [-0.1, -0.05) is 146 Å². The largest absolute Gasteiger partial charge is 0.309 e. The van der Waals surface area contributed by atoms with E-state index >= 15 is 0 Å². The number of hydrogen-bond donors (Lipinski definition) is 0. The number of aromatic nitrogens is 3. The average Bonchev–Trinajstić information content (AvgIpc) is 3.83. The lowest BCUT2D eigenvalue weighted by Crippen LogP contribution is -1.98. The molecule has 0 saturated carbocycles. The van der Waals surface area contributed by atoms with E-state index in [1.54, 1.807) is 0 Å². The van der Waals surface area contributed by atoms with E-state index in [-0.39, 0.29) is 0 Å². The number of para-hydroxylation sites is 2. The predicted octanol–water partition coefficient (Wildman–Crippen LogP) is 15.0. The van der Waals surface area contributed by atoms with Gasteiger partial charge in [-0.25, -0.2) is 9.97 Å². The van der Waals surface area contributed by atoms with Gasteiger partial charge in [0.05, 0.1) is 22.2 Å². The van der Waals surface area contributed by atoms with Crippen molar-refractivity contribution in [3.63, 3.8) is 0 Å². The van der Waals surface area contributed by atoms with Gasteiger partial charge >= 0.3 is 0 Å². The summed E-state index contributed by atoms with van der Waals surface area (Å²) in [6.07, 6.45) is 0. The van der Waals surface area contributed by atoms with Crippen LogP contribution in [0.4, 0.5) is 0 Å². The quantitative estimate of drug-likeness (QED) is 0.168. The number of rotatable bonds is 4. The van der Waals surface area contributed by atoms with Crippen molar-refractivity contribution in [2.24, 2.45) is 0 Å². The summed E-state index contributed by atoms with van der Waals surface area (Å²) in [6, 6.07) is 68.3. The van der Waals surface area contributed by atoms with Crippen LogP contribution in [0.5, 0.6) is 0 Å². The first-order chi connectivity index (χ1) is 28.7. The molecule has 0 spiro atoms. The molecule has 0 aliphatic heterocycles. The van der Waals surface area contributed by atoms with Crippen LogP contribution in [-0.4, -0.2) is 14.5 Å². The molecule has 10 aromatic carbocycles. The Labute approximate surface area is 337 Å². The smallest absolute Gasteiger partial charge is 0.161 e. The normalized spacial score (nSPS) is 12.1. The molecular formula is C54H31N3S. The number of benzene rings is 10. The van der Waals surface area contributed by atoms with E-state index in [1.807, 2.05) is 11.3 Å². The second kappa shape index (κ2) is 12.1. The van der Waals surface area contributed by atoms with Gasteiger partial charge in [-0.2, -0.15) is 0 Å². The van der Waals surface area contributed by atoms with Gasteiger partial charge < -0.3 is 4.57 Å². The third-order valence-electron chi connectivity index (χ3n) is 12.1. The molecule has 0 aliphatic rings. The van der Waals surface area contributed by atoms with Gasteiger partial charge in [0.2, 0.25) is 0 Å². The average molecular weight is 754 g/mol. The Morgan fingerprint density at radius 1 is 0.397 bits per heavy atom. The summed E-state index contributed by atoms with van der Waals surface area (Å²) in [5.74, 6) is 0.723. The molecule has 0 amide bonds. The van der Waals surface area contributed by atoms with Crippen molar-refractivity contribution in [3.8, 4) is 39.5 Å². The molecule has 3 heterocycles. The van der Waals surface area contributed by atoms with Crippen molar-refractivity contribution in [1.82, 2.24) is 14.5 Å². The Morgan fingerprint density at radius 3 is 2.00 bits per heavy atom. The van der Waals surface area contributed by atoms with Gasteiger partial charge in [-0.05, 0) is 85.9 Å². The fraction of sp³-hybridized carbons (Fsp3) is 0. The third kappa shape index (κ3) is 4.55. The Hall–Kier alpha value is -7.40. The zero-order valence-electron chi connectivity index (χ0n) is 31.1. The van der Waals surface area contributed by atoms with Crippen molar-refractivity contribution in [1.29, 1.82) is 0 Å². The maximum Gasteiger partial charge on any atom is 0.161 e. The van der Waals surface area contributed by atoms with E-state index < -0.39 is 0 Å². The van der Waals surface area contributed by atoms with Gasteiger partial charge in [0, 0.05) is 53.1 Å². The van der Waals surface area contributed by atoms with Crippen LogP contribution < -0.4 is 0 Å². The maximum absolute atomic E-state index is 5.52. The standard InChI is InChI=1S/C54H31N3S/c1-2-12-32(13-3-1)35-16-11-17-37(28-35)52-40-19-4-7-21-45(40)55-54(56-52)44-31-38(30-43-39-18-6-9-23-48(39)58-53(43)44)57-46-22-8-5-20-41(46)51-42-27-26-34-15-10-14-33-24-25-36(29-47(51)57)50(42)49(33)34/h1-31H. The van der Waals surface area contributed by atoms with E-state index in [2.05, 4.69) is 193 Å². The molecule has 4 heteroatoms. The molecule has 13 rings (SSSR count). The lowest BCUT2D eigenvalue weighted by atomic mass is 9.92. The second-order valence-electron chi connectivity index (χ2n) is 15.3. The molecule has 0 N–H and O–H groups in total. The van der Waals surface area contributed by atoms with E-state index in [4.69, 9.17) is 9.97 Å². The van der Waals surface area contributed by atoms with E-state index in [0.717, 1.165) is 44.8 Å². The van der Waals surface area contributed by atoms with Gasteiger partial charge in [0.25, 0.3) is 0 Å². The topological polar surface area (TPSA) is 30.7 Å². The minimum atomic E-state index is 0.723. The summed E-state index contributed by atoms with van der Waals surface area (Å²) in [5, 5.41) is 13.8. The van der Waals surface area contributed by atoms with Gasteiger partial charge in [0.1, 0.15) is 0 Å². The molecule has 0 aliphatic carbocycles. The summed E-state index contributed by atoms with van der Waals surface area (Å²) in [6.45, 7) is 0. The zero-order chi connectivity index (χ0) is 37.9. The molecule has 0 bridgehead atoms.